The van der Waals surface area contributed by atoms with Gasteiger partial charge in [-0.05, 0) is 23.6 Å². The molecule has 3 aromatic heterocycles. The number of benzene rings is 1. The summed E-state index contributed by atoms with van der Waals surface area (Å²) in [6.07, 6.45) is 0.541. The van der Waals surface area contributed by atoms with Crippen LogP contribution in [-0.2, 0) is 13.0 Å². The van der Waals surface area contributed by atoms with Crippen LogP contribution in [0, 0.1) is 0 Å². The molecule has 1 N–H and O–H groups in total. The standard InChI is InChI=1S/C22H17N3O5S2/c1-29-15-5-2-4-12-10-13(21(28)30-18(12)15)20(27)25-8-7-14-17(11-25)32-22(23-14)24-19(26)16-6-3-9-31-16/h2-6,9-10H,7-8,11H2,1H3,(H,23,24,26). The Morgan fingerprint density at radius 1 is 1.25 bits per heavy atom. The van der Waals surface area contributed by atoms with Crippen molar-refractivity contribution < 1.29 is 18.7 Å². The molecule has 0 saturated carbocycles. The monoisotopic (exact) mass is 467 g/mol. The molecule has 0 spiro atoms. The van der Waals surface area contributed by atoms with Crippen molar-refractivity contribution in [2.24, 2.45) is 0 Å². The second-order valence-electron chi connectivity index (χ2n) is 7.12. The number of thiophene rings is 1. The van der Waals surface area contributed by atoms with Gasteiger partial charge in [-0.1, -0.05) is 29.5 Å². The van der Waals surface area contributed by atoms with Crippen molar-refractivity contribution in [2.75, 3.05) is 19.0 Å². The lowest BCUT2D eigenvalue weighted by Crippen LogP contribution is -2.37. The summed E-state index contributed by atoms with van der Waals surface area (Å²) in [4.78, 5) is 45.5. The van der Waals surface area contributed by atoms with Gasteiger partial charge in [-0.25, -0.2) is 9.78 Å². The van der Waals surface area contributed by atoms with Crippen molar-refractivity contribution in [1.29, 1.82) is 0 Å². The molecule has 0 fully saturated rings. The number of methoxy groups -OCH3 is 1. The number of para-hydroxylation sites is 1. The van der Waals surface area contributed by atoms with E-state index < -0.39 is 11.5 Å². The van der Waals surface area contributed by atoms with Gasteiger partial charge in [-0.15, -0.1) is 11.3 Å². The van der Waals surface area contributed by atoms with Crippen LogP contribution in [0.25, 0.3) is 11.0 Å². The van der Waals surface area contributed by atoms with Crippen molar-refractivity contribution in [3.8, 4) is 5.75 Å². The first-order valence-corrected chi connectivity index (χ1v) is 11.5. The molecular weight excluding hydrogens is 450 g/mol. The minimum atomic E-state index is -0.703. The molecule has 0 bridgehead atoms. The van der Waals surface area contributed by atoms with Crippen LogP contribution >= 0.6 is 22.7 Å². The van der Waals surface area contributed by atoms with Gasteiger partial charge >= 0.3 is 5.63 Å². The average Bonchev–Trinajstić information content (AvgIpc) is 3.47. The third-order valence-electron chi connectivity index (χ3n) is 5.16. The van der Waals surface area contributed by atoms with Crippen LogP contribution in [0.5, 0.6) is 5.75 Å². The van der Waals surface area contributed by atoms with Gasteiger partial charge in [0.25, 0.3) is 11.8 Å². The molecule has 0 atom stereocenters. The number of anilines is 1. The van der Waals surface area contributed by atoms with E-state index in [-0.39, 0.29) is 11.5 Å². The highest BCUT2D eigenvalue weighted by Gasteiger charge is 2.28. The minimum absolute atomic E-state index is 0.0232. The van der Waals surface area contributed by atoms with Crippen LogP contribution in [0.2, 0.25) is 0 Å². The van der Waals surface area contributed by atoms with Gasteiger partial charge in [0, 0.05) is 23.2 Å². The molecular formula is C22H17N3O5S2. The summed E-state index contributed by atoms with van der Waals surface area (Å²) in [5, 5.41) is 5.77. The number of hydrogen-bond acceptors (Lipinski definition) is 8. The molecule has 10 heteroatoms. The number of fused-ring (bicyclic) bond motifs is 2. The lowest BCUT2D eigenvalue weighted by atomic mass is 10.1. The molecule has 0 saturated heterocycles. The van der Waals surface area contributed by atoms with Gasteiger partial charge in [-0.2, -0.15) is 0 Å². The summed E-state index contributed by atoms with van der Waals surface area (Å²) in [7, 11) is 1.49. The Kier molecular flexibility index (Phi) is 5.24. The van der Waals surface area contributed by atoms with E-state index in [1.807, 2.05) is 11.4 Å². The van der Waals surface area contributed by atoms with Crippen LogP contribution in [0.4, 0.5) is 5.13 Å². The van der Waals surface area contributed by atoms with Crippen molar-refractivity contribution in [3.63, 3.8) is 0 Å². The zero-order valence-electron chi connectivity index (χ0n) is 16.9. The molecule has 2 amide bonds. The second-order valence-corrected chi connectivity index (χ2v) is 9.15. The Bertz CT molecular complexity index is 1390. The molecule has 0 radical (unpaired) electrons. The van der Waals surface area contributed by atoms with E-state index in [2.05, 4.69) is 10.3 Å². The third-order valence-corrected chi connectivity index (χ3v) is 7.02. The first-order valence-electron chi connectivity index (χ1n) is 9.77. The zero-order valence-corrected chi connectivity index (χ0v) is 18.5. The van der Waals surface area contributed by atoms with E-state index in [9.17, 15) is 14.4 Å². The van der Waals surface area contributed by atoms with Crippen molar-refractivity contribution in [1.82, 2.24) is 9.88 Å². The summed E-state index contributed by atoms with van der Waals surface area (Å²) >= 11 is 2.70. The van der Waals surface area contributed by atoms with Gasteiger partial charge in [0.05, 0.1) is 24.2 Å². The van der Waals surface area contributed by atoms with Crippen LogP contribution < -0.4 is 15.7 Å². The Morgan fingerprint density at radius 3 is 2.91 bits per heavy atom. The molecule has 162 valence electrons. The topological polar surface area (TPSA) is 102 Å². The zero-order chi connectivity index (χ0) is 22.2. The highest BCUT2D eigenvalue weighted by molar-refractivity contribution is 7.16. The highest BCUT2D eigenvalue weighted by atomic mass is 32.1. The Balaban J connectivity index is 1.37. The van der Waals surface area contributed by atoms with Gasteiger partial charge in [0.1, 0.15) is 5.56 Å². The maximum absolute atomic E-state index is 13.1. The fourth-order valence-corrected chi connectivity index (χ4v) is 5.22. The van der Waals surface area contributed by atoms with Crippen molar-refractivity contribution in [3.05, 3.63) is 73.2 Å². The molecule has 4 heterocycles. The summed E-state index contributed by atoms with van der Waals surface area (Å²) in [6.45, 7) is 0.736. The molecule has 0 unspecified atom stereocenters. The number of aromatic nitrogens is 1. The smallest absolute Gasteiger partial charge is 0.349 e. The van der Waals surface area contributed by atoms with Crippen LogP contribution in [0.3, 0.4) is 0 Å². The third kappa shape index (κ3) is 3.67. The first-order chi connectivity index (χ1) is 15.5. The number of carbonyl (C=O) groups excluding carboxylic acids is 2. The summed E-state index contributed by atoms with van der Waals surface area (Å²) in [6, 6.07) is 10.3. The number of nitrogens with one attached hydrogen (secondary N) is 1. The fourth-order valence-electron chi connectivity index (χ4n) is 3.59. The van der Waals surface area contributed by atoms with E-state index in [1.54, 1.807) is 35.2 Å². The van der Waals surface area contributed by atoms with Gasteiger partial charge in [-0.3, -0.25) is 14.9 Å². The van der Waals surface area contributed by atoms with Crippen LogP contribution in [-0.4, -0.2) is 35.4 Å². The highest BCUT2D eigenvalue weighted by Crippen LogP contribution is 2.30. The molecule has 1 aliphatic rings. The molecule has 1 aromatic carbocycles. The van der Waals surface area contributed by atoms with Crippen molar-refractivity contribution >= 4 is 50.6 Å². The Labute approximate surface area is 190 Å². The number of nitrogens with zero attached hydrogens (tertiary/aromatic N) is 2. The molecule has 32 heavy (non-hydrogen) atoms. The van der Waals surface area contributed by atoms with Gasteiger partial charge in [0.2, 0.25) is 0 Å². The predicted molar refractivity (Wildman–Crippen MR) is 122 cm³/mol. The number of thiazole rings is 1. The molecule has 4 aromatic rings. The number of hydrogen-bond donors (Lipinski definition) is 1. The quantitative estimate of drug-likeness (QED) is 0.459. The summed E-state index contributed by atoms with van der Waals surface area (Å²) in [5.74, 6) is -0.169. The number of carbonyl (C=O) groups is 2. The maximum atomic E-state index is 13.1. The lowest BCUT2D eigenvalue weighted by Gasteiger charge is -2.25. The van der Waals surface area contributed by atoms with Gasteiger partial charge < -0.3 is 14.1 Å². The molecule has 1 aliphatic heterocycles. The summed E-state index contributed by atoms with van der Waals surface area (Å²) < 4.78 is 10.6. The maximum Gasteiger partial charge on any atom is 0.349 e. The Hall–Kier alpha value is -3.50. The number of ether oxygens (including phenoxy) is 1. The number of rotatable bonds is 4. The average molecular weight is 468 g/mol. The van der Waals surface area contributed by atoms with E-state index in [0.29, 0.717) is 46.2 Å². The second kappa shape index (κ2) is 8.21. The summed E-state index contributed by atoms with van der Waals surface area (Å²) in [5.41, 5.74) is 0.442. The van der Waals surface area contributed by atoms with Crippen LogP contribution in [0.15, 0.2) is 51.0 Å². The first kappa shape index (κ1) is 20.4. The van der Waals surface area contributed by atoms with E-state index in [0.717, 1.165) is 10.6 Å². The normalized spacial score (nSPS) is 13.1. The van der Waals surface area contributed by atoms with E-state index in [1.165, 1.54) is 29.8 Å². The van der Waals surface area contributed by atoms with Gasteiger partial charge in [0.15, 0.2) is 16.5 Å². The van der Waals surface area contributed by atoms with E-state index in [4.69, 9.17) is 9.15 Å². The lowest BCUT2D eigenvalue weighted by molar-refractivity contribution is 0.0732. The SMILES string of the molecule is COc1cccc2cc(C(=O)N3CCc4nc(NC(=O)c5cccs5)sc4C3)c(=O)oc12. The molecule has 5 rings (SSSR count). The minimum Gasteiger partial charge on any atom is -0.493 e. The van der Waals surface area contributed by atoms with Crippen LogP contribution in [0.1, 0.15) is 30.6 Å². The molecule has 0 aliphatic carbocycles. The predicted octanol–water partition coefficient (Wildman–Crippen LogP) is 3.77. The van der Waals surface area contributed by atoms with E-state index >= 15 is 0 Å². The number of amides is 2. The van der Waals surface area contributed by atoms with Crippen molar-refractivity contribution in [2.45, 2.75) is 13.0 Å². The fraction of sp³-hybridized carbons (Fsp3) is 0.182. The Morgan fingerprint density at radius 2 is 2.12 bits per heavy atom. The molecule has 8 nitrogen and oxygen atoms in total. The largest absolute Gasteiger partial charge is 0.493 e.